The second kappa shape index (κ2) is 10.1. The molecule has 12 heteroatoms. The van der Waals surface area contributed by atoms with Crippen molar-refractivity contribution < 1.29 is 37.9 Å². The van der Waals surface area contributed by atoms with Crippen LogP contribution in [0, 0.1) is 10.1 Å². The van der Waals surface area contributed by atoms with E-state index in [2.05, 4.69) is 10.1 Å². The van der Waals surface area contributed by atoms with Gasteiger partial charge in [-0.15, -0.1) is 0 Å². The molecule has 0 bridgehead atoms. The lowest BCUT2D eigenvalue weighted by Crippen LogP contribution is -2.30. The fourth-order valence-electron chi connectivity index (χ4n) is 3.15. The van der Waals surface area contributed by atoms with E-state index in [1.807, 2.05) is 0 Å². The summed E-state index contributed by atoms with van der Waals surface area (Å²) in [6.07, 6.45) is 0.962. The third kappa shape index (κ3) is 5.17. The maximum atomic E-state index is 12.8. The number of nitrogens with one attached hydrogen (secondary N) is 1. The second-order valence-electron chi connectivity index (χ2n) is 7.36. The molecule has 1 aromatic carbocycles. The molecule has 1 saturated heterocycles. The predicted molar refractivity (Wildman–Crippen MR) is 117 cm³/mol. The highest BCUT2D eigenvalue weighted by Gasteiger charge is 2.35. The summed E-state index contributed by atoms with van der Waals surface area (Å²) in [4.78, 5) is 48.6. The number of urea groups is 1. The molecule has 12 nitrogen and oxygen atoms in total. The molecule has 1 N–H and O–H groups in total. The molecule has 1 aromatic heterocycles. The molecule has 0 radical (unpaired) electrons. The SMILES string of the molecule is CCOc1cc(/C=C2\NC(=O)N(Cc3ccc(C(=O)OC)o3)C2=O)cc([N+](=O)[O-])c1OC(C)C. The van der Waals surface area contributed by atoms with Gasteiger partial charge in [0.05, 0.1) is 31.3 Å². The van der Waals surface area contributed by atoms with Crippen molar-refractivity contribution in [3.63, 3.8) is 0 Å². The number of nitro benzene ring substituents is 1. The van der Waals surface area contributed by atoms with Gasteiger partial charge in [-0.2, -0.15) is 0 Å². The van der Waals surface area contributed by atoms with Gasteiger partial charge in [0.2, 0.25) is 11.5 Å². The molecule has 2 aromatic rings. The number of furan rings is 1. The van der Waals surface area contributed by atoms with Gasteiger partial charge in [0.1, 0.15) is 11.5 Å². The first kappa shape index (κ1) is 24.3. The van der Waals surface area contributed by atoms with Gasteiger partial charge in [-0.05, 0) is 50.6 Å². The Kier molecular flexibility index (Phi) is 7.19. The van der Waals surface area contributed by atoms with E-state index < -0.39 is 22.8 Å². The average molecular weight is 473 g/mol. The van der Waals surface area contributed by atoms with Crippen molar-refractivity contribution in [1.29, 1.82) is 0 Å². The number of methoxy groups -OCH3 is 1. The minimum atomic E-state index is -0.716. The Bertz CT molecular complexity index is 1170. The summed E-state index contributed by atoms with van der Waals surface area (Å²) >= 11 is 0. The first-order valence-electron chi connectivity index (χ1n) is 10.3. The van der Waals surface area contributed by atoms with Crippen LogP contribution < -0.4 is 14.8 Å². The van der Waals surface area contributed by atoms with Crippen molar-refractivity contribution in [2.75, 3.05) is 13.7 Å². The molecule has 1 aliphatic heterocycles. The van der Waals surface area contributed by atoms with E-state index in [9.17, 15) is 24.5 Å². The number of esters is 1. The number of hydrogen-bond donors (Lipinski definition) is 1. The number of ether oxygens (including phenoxy) is 3. The largest absolute Gasteiger partial charge is 0.490 e. The van der Waals surface area contributed by atoms with E-state index in [0.717, 1.165) is 4.90 Å². The first-order chi connectivity index (χ1) is 16.1. The smallest absolute Gasteiger partial charge is 0.373 e. The Morgan fingerprint density at radius 3 is 2.65 bits per heavy atom. The summed E-state index contributed by atoms with van der Waals surface area (Å²) in [5.74, 6) is -1.14. The maximum Gasteiger partial charge on any atom is 0.373 e. The number of nitro groups is 1. The highest BCUT2D eigenvalue weighted by Crippen LogP contribution is 2.40. The van der Waals surface area contributed by atoms with Crippen molar-refractivity contribution in [1.82, 2.24) is 10.2 Å². The van der Waals surface area contributed by atoms with E-state index >= 15 is 0 Å². The summed E-state index contributed by atoms with van der Waals surface area (Å²) in [5.41, 5.74) is -0.187. The van der Waals surface area contributed by atoms with Gasteiger partial charge in [-0.25, -0.2) is 9.59 Å². The van der Waals surface area contributed by atoms with Crippen molar-refractivity contribution in [2.45, 2.75) is 33.4 Å². The van der Waals surface area contributed by atoms with Crippen LogP contribution in [0.15, 0.2) is 34.4 Å². The molecule has 1 fully saturated rings. The Morgan fingerprint density at radius 1 is 1.29 bits per heavy atom. The Morgan fingerprint density at radius 2 is 2.03 bits per heavy atom. The number of carbonyl (C=O) groups is 3. The molecule has 0 spiro atoms. The summed E-state index contributed by atoms with van der Waals surface area (Å²) < 4.78 is 21.0. The highest BCUT2D eigenvalue weighted by molar-refractivity contribution is 6.13. The molecule has 34 heavy (non-hydrogen) atoms. The van der Waals surface area contributed by atoms with E-state index in [0.29, 0.717) is 0 Å². The van der Waals surface area contributed by atoms with E-state index in [4.69, 9.17) is 13.9 Å². The van der Waals surface area contributed by atoms with Crippen LogP contribution in [0.4, 0.5) is 10.5 Å². The Balaban J connectivity index is 1.91. The summed E-state index contributed by atoms with van der Waals surface area (Å²) in [6.45, 7) is 5.17. The molecule has 3 amide bonds. The molecule has 0 saturated carbocycles. The number of amides is 3. The van der Waals surface area contributed by atoms with Crippen LogP contribution in [-0.2, 0) is 16.1 Å². The standard InChI is InChI=1S/C22H23N3O9/c1-5-32-18-10-13(9-16(25(29)30)19(18)33-12(2)3)8-15-20(26)24(22(28)23-15)11-14-6-7-17(34-14)21(27)31-4/h6-10,12H,5,11H2,1-4H3,(H,23,28)/b15-8-. The van der Waals surface area contributed by atoms with Gasteiger partial charge in [-0.1, -0.05) is 0 Å². The third-order valence-corrected chi connectivity index (χ3v) is 4.54. The number of carbonyl (C=O) groups excluding carboxylic acids is 3. The molecule has 1 aliphatic rings. The fourth-order valence-corrected chi connectivity index (χ4v) is 3.15. The fraction of sp³-hybridized carbons (Fsp3) is 0.318. The van der Waals surface area contributed by atoms with Gasteiger partial charge < -0.3 is 23.9 Å². The van der Waals surface area contributed by atoms with Crippen LogP contribution in [0.3, 0.4) is 0 Å². The first-order valence-corrected chi connectivity index (χ1v) is 10.3. The van der Waals surface area contributed by atoms with Crippen LogP contribution in [0.25, 0.3) is 6.08 Å². The van der Waals surface area contributed by atoms with Crippen LogP contribution in [-0.4, -0.2) is 47.6 Å². The van der Waals surface area contributed by atoms with Crippen molar-refractivity contribution in [3.05, 3.63) is 57.2 Å². The zero-order valence-electron chi connectivity index (χ0n) is 18.9. The quantitative estimate of drug-likeness (QED) is 0.190. The van der Waals surface area contributed by atoms with Crippen molar-refractivity contribution >= 4 is 29.7 Å². The molecule has 3 rings (SSSR count). The van der Waals surface area contributed by atoms with Gasteiger partial charge >= 0.3 is 17.7 Å². The second-order valence-corrected chi connectivity index (χ2v) is 7.36. The zero-order chi connectivity index (χ0) is 25.0. The molecule has 0 unspecified atom stereocenters. The molecular weight excluding hydrogens is 450 g/mol. The van der Waals surface area contributed by atoms with E-state index in [1.54, 1.807) is 20.8 Å². The van der Waals surface area contributed by atoms with E-state index in [-0.39, 0.29) is 59.2 Å². The van der Waals surface area contributed by atoms with Crippen LogP contribution in [0.1, 0.15) is 42.6 Å². The van der Waals surface area contributed by atoms with Gasteiger partial charge in [0.15, 0.2) is 5.75 Å². The predicted octanol–water partition coefficient (Wildman–Crippen LogP) is 3.25. The number of nitrogens with zero attached hydrogens (tertiary/aromatic N) is 2. The van der Waals surface area contributed by atoms with Gasteiger partial charge in [0.25, 0.3) is 5.91 Å². The average Bonchev–Trinajstić information content (AvgIpc) is 3.35. The Hall–Kier alpha value is -4.35. The third-order valence-electron chi connectivity index (χ3n) is 4.54. The lowest BCUT2D eigenvalue weighted by atomic mass is 10.1. The summed E-state index contributed by atoms with van der Waals surface area (Å²) in [7, 11) is 1.20. The minimum absolute atomic E-state index is 0.0216. The highest BCUT2D eigenvalue weighted by atomic mass is 16.6. The molecular formula is C22H23N3O9. The monoisotopic (exact) mass is 473 g/mol. The number of benzene rings is 1. The van der Waals surface area contributed by atoms with E-state index in [1.165, 1.54) is 37.5 Å². The molecule has 0 aliphatic carbocycles. The number of rotatable bonds is 9. The zero-order valence-corrected chi connectivity index (χ0v) is 18.9. The van der Waals surface area contributed by atoms with Crippen LogP contribution in [0.2, 0.25) is 0 Å². The summed E-state index contributed by atoms with van der Waals surface area (Å²) in [5, 5.41) is 14.1. The maximum absolute atomic E-state index is 12.8. The van der Waals surface area contributed by atoms with Crippen molar-refractivity contribution in [2.24, 2.45) is 0 Å². The van der Waals surface area contributed by atoms with Gasteiger partial charge in [0, 0.05) is 6.07 Å². The molecule has 180 valence electrons. The minimum Gasteiger partial charge on any atom is -0.490 e. The van der Waals surface area contributed by atoms with Crippen LogP contribution >= 0.6 is 0 Å². The molecule has 2 heterocycles. The van der Waals surface area contributed by atoms with Gasteiger partial charge in [-0.3, -0.25) is 19.8 Å². The molecule has 0 atom stereocenters. The number of imide groups is 1. The Labute approximate surface area is 194 Å². The normalized spacial score (nSPS) is 14.5. The summed E-state index contributed by atoms with van der Waals surface area (Å²) in [6, 6.07) is 4.81. The lowest BCUT2D eigenvalue weighted by Gasteiger charge is -2.15. The number of hydrogen-bond acceptors (Lipinski definition) is 9. The topological polar surface area (TPSA) is 150 Å². The lowest BCUT2D eigenvalue weighted by molar-refractivity contribution is -0.386. The van der Waals surface area contributed by atoms with Crippen molar-refractivity contribution in [3.8, 4) is 11.5 Å². The van der Waals surface area contributed by atoms with Crippen LogP contribution in [0.5, 0.6) is 11.5 Å².